The van der Waals surface area contributed by atoms with Gasteiger partial charge in [-0.15, -0.1) is 0 Å². The van der Waals surface area contributed by atoms with Gasteiger partial charge in [-0.05, 0) is 123 Å². The van der Waals surface area contributed by atoms with Crippen molar-refractivity contribution >= 4 is 17.1 Å². The van der Waals surface area contributed by atoms with Crippen molar-refractivity contribution in [1.29, 1.82) is 0 Å². The molecule has 8 rings (SSSR count). The van der Waals surface area contributed by atoms with E-state index in [0.29, 0.717) is 0 Å². The average molecular weight is 618 g/mol. The standard InChI is InChI=1S/C47H39N/c1-32-10-8-14-40(28-32)48(41-15-9-11-33(2)29-41)42-25-27-44-43-26-24-39(30-45(43)47(3,4)46(44)31-42)38-22-20-37(21-23-38)36-18-16-35(17-19-36)34-12-6-5-7-13-34/h5-31H,1-4H3. The first-order chi connectivity index (χ1) is 23.3. The van der Waals surface area contributed by atoms with Crippen LogP contribution in [-0.2, 0) is 5.41 Å². The maximum absolute atomic E-state index is 2.41. The molecule has 0 amide bonds. The first-order valence-corrected chi connectivity index (χ1v) is 16.8. The third kappa shape index (κ3) is 5.32. The molecular formula is C47H39N. The van der Waals surface area contributed by atoms with Crippen LogP contribution in [0.2, 0.25) is 0 Å². The molecule has 0 N–H and O–H groups in total. The highest BCUT2D eigenvalue weighted by Gasteiger charge is 2.36. The second kappa shape index (κ2) is 11.9. The van der Waals surface area contributed by atoms with Crippen LogP contribution >= 0.6 is 0 Å². The van der Waals surface area contributed by atoms with Crippen LogP contribution < -0.4 is 4.90 Å². The van der Waals surface area contributed by atoms with E-state index in [1.54, 1.807) is 0 Å². The number of benzene rings is 7. The predicted octanol–water partition coefficient (Wildman–Crippen LogP) is 13.1. The SMILES string of the molecule is Cc1cccc(N(c2cccc(C)c2)c2ccc3c(c2)C(C)(C)c2cc(-c4ccc(-c5ccc(-c6ccccc6)cc5)cc4)ccc2-3)c1. The minimum atomic E-state index is -0.137. The van der Waals surface area contributed by atoms with E-state index in [4.69, 9.17) is 0 Å². The van der Waals surface area contributed by atoms with Crippen LogP contribution in [-0.4, -0.2) is 0 Å². The van der Waals surface area contributed by atoms with Crippen molar-refractivity contribution in [3.05, 3.63) is 186 Å². The molecule has 0 heterocycles. The summed E-state index contributed by atoms with van der Waals surface area (Å²) in [6.07, 6.45) is 0. The van der Waals surface area contributed by atoms with Gasteiger partial charge < -0.3 is 4.90 Å². The monoisotopic (exact) mass is 617 g/mol. The molecule has 7 aromatic carbocycles. The van der Waals surface area contributed by atoms with E-state index in [0.717, 1.165) is 0 Å². The Labute approximate surface area is 284 Å². The molecule has 232 valence electrons. The van der Waals surface area contributed by atoms with Crippen LogP contribution in [0.1, 0.15) is 36.1 Å². The van der Waals surface area contributed by atoms with E-state index in [1.807, 2.05) is 0 Å². The van der Waals surface area contributed by atoms with Gasteiger partial charge in [0.1, 0.15) is 0 Å². The highest BCUT2D eigenvalue weighted by Crippen LogP contribution is 2.51. The second-order valence-corrected chi connectivity index (χ2v) is 13.6. The molecule has 0 bridgehead atoms. The molecule has 7 aromatic rings. The largest absolute Gasteiger partial charge is 0.310 e. The highest BCUT2D eigenvalue weighted by molar-refractivity contribution is 5.87. The summed E-state index contributed by atoms with van der Waals surface area (Å²) < 4.78 is 0. The van der Waals surface area contributed by atoms with Gasteiger partial charge >= 0.3 is 0 Å². The van der Waals surface area contributed by atoms with Gasteiger partial charge in [-0.1, -0.05) is 135 Å². The van der Waals surface area contributed by atoms with E-state index >= 15 is 0 Å². The zero-order valence-electron chi connectivity index (χ0n) is 28.0. The molecule has 0 saturated carbocycles. The van der Waals surface area contributed by atoms with E-state index in [2.05, 4.69) is 196 Å². The smallest absolute Gasteiger partial charge is 0.0465 e. The zero-order chi connectivity index (χ0) is 32.8. The highest BCUT2D eigenvalue weighted by atomic mass is 15.1. The minimum absolute atomic E-state index is 0.137. The number of anilines is 3. The van der Waals surface area contributed by atoms with Crippen molar-refractivity contribution in [3.8, 4) is 44.5 Å². The lowest BCUT2D eigenvalue weighted by atomic mass is 9.81. The van der Waals surface area contributed by atoms with Gasteiger partial charge in [-0.3, -0.25) is 0 Å². The van der Waals surface area contributed by atoms with Crippen molar-refractivity contribution < 1.29 is 0 Å². The van der Waals surface area contributed by atoms with Crippen LogP contribution in [0.15, 0.2) is 164 Å². The Bertz CT molecular complexity index is 2210. The quantitative estimate of drug-likeness (QED) is 0.179. The average Bonchev–Trinajstić information content (AvgIpc) is 3.34. The fourth-order valence-corrected chi connectivity index (χ4v) is 7.37. The van der Waals surface area contributed by atoms with Gasteiger partial charge in [0.15, 0.2) is 0 Å². The summed E-state index contributed by atoms with van der Waals surface area (Å²) in [4.78, 5) is 2.39. The Morgan fingerprint density at radius 1 is 0.354 bits per heavy atom. The van der Waals surface area contributed by atoms with Crippen LogP contribution in [0.25, 0.3) is 44.5 Å². The molecule has 1 nitrogen and oxygen atoms in total. The van der Waals surface area contributed by atoms with Crippen molar-refractivity contribution in [1.82, 2.24) is 0 Å². The van der Waals surface area contributed by atoms with Crippen molar-refractivity contribution in [2.75, 3.05) is 4.90 Å². The Kier molecular flexibility index (Phi) is 7.34. The summed E-state index contributed by atoms with van der Waals surface area (Å²) in [7, 11) is 0. The Balaban J connectivity index is 1.11. The lowest BCUT2D eigenvalue weighted by Crippen LogP contribution is -2.16. The molecule has 1 heteroatoms. The summed E-state index contributed by atoms with van der Waals surface area (Å²) >= 11 is 0. The molecular weight excluding hydrogens is 579 g/mol. The summed E-state index contributed by atoms with van der Waals surface area (Å²) in [6, 6.07) is 60.1. The lowest BCUT2D eigenvalue weighted by Gasteiger charge is -2.28. The molecule has 1 aliphatic rings. The van der Waals surface area contributed by atoms with Gasteiger partial charge in [-0.2, -0.15) is 0 Å². The van der Waals surface area contributed by atoms with Gasteiger partial charge in [-0.25, -0.2) is 0 Å². The van der Waals surface area contributed by atoms with Crippen molar-refractivity contribution in [2.45, 2.75) is 33.1 Å². The number of fused-ring (bicyclic) bond motifs is 3. The van der Waals surface area contributed by atoms with E-state index in [9.17, 15) is 0 Å². The molecule has 0 aromatic heterocycles. The van der Waals surface area contributed by atoms with Gasteiger partial charge in [0.05, 0.1) is 0 Å². The van der Waals surface area contributed by atoms with Crippen molar-refractivity contribution in [2.24, 2.45) is 0 Å². The maximum atomic E-state index is 2.41. The fourth-order valence-electron chi connectivity index (χ4n) is 7.37. The third-order valence-electron chi connectivity index (χ3n) is 9.98. The molecule has 1 aliphatic carbocycles. The molecule has 0 unspecified atom stereocenters. The molecule has 48 heavy (non-hydrogen) atoms. The number of rotatable bonds is 6. The van der Waals surface area contributed by atoms with Crippen LogP contribution in [0.4, 0.5) is 17.1 Å². The topological polar surface area (TPSA) is 3.24 Å². The van der Waals surface area contributed by atoms with E-state index in [-0.39, 0.29) is 5.41 Å². The van der Waals surface area contributed by atoms with E-state index in [1.165, 1.54) is 83.8 Å². The molecule has 0 fully saturated rings. The molecule has 0 radical (unpaired) electrons. The summed E-state index contributed by atoms with van der Waals surface area (Å²) in [5, 5.41) is 0. The summed E-state index contributed by atoms with van der Waals surface area (Å²) in [5.74, 6) is 0. The normalized spacial score (nSPS) is 12.8. The second-order valence-electron chi connectivity index (χ2n) is 13.6. The molecule has 0 atom stereocenters. The Hall–Kier alpha value is -5.66. The number of hydrogen-bond acceptors (Lipinski definition) is 1. The number of nitrogens with zero attached hydrogens (tertiary/aromatic N) is 1. The maximum Gasteiger partial charge on any atom is 0.0465 e. The zero-order valence-corrected chi connectivity index (χ0v) is 28.0. The van der Waals surface area contributed by atoms with Crippen molar-refractivity contribution in [3.63, 3.8) is 0 Å². The number of aryl methyl sites for hydroxylation is 2. The lowest BCUT2D eigenvalue weighted by molar-refractivity contribution is 0.660. The van der Waals surface area contributed by atoms with Gasteiger partial charge in [0, 0.05) is 22.5 Å². The molecule has 0 saturated heterocycles. The Morgan fingerprint density at radius 3 is 1.29 bits per heavy atom. The fraction of sp³-hybridized carbons (Fsp3) is 0.106. The van der Waals surface area contributed by atoms with Crippen LogP contribution in [0.5, 0.6) is 0 Å². The Morgan fingerprint density at radius 2 is 0.771 bits per heavy atom. The van der Waals surface area contributed by atoms with Gasteiger partial charge in [0.2, 0.25) is 0 Å². The van der Waals surface area contributed by atoms with E-state index < -0.39 is 0 Å². The van der Waals surface area contributed by atoms with Gasteiger partial charge in [0.25, 0.3) is 0 Å². The summed E-state index contributed by atoms with van der Waals surface area (Å²) in [5.41, 5.74) is 18.7. The first-order valence-electron chi connectivity index (χ1n) is 16.8. The van der Waals surface area contributed by atoms with Crippen LogP contribution in [0.3, 0.4) is 0 Å². The molecule has 0 aliphatic heterocycles. The number of hydrogen-bond donors (Lipinski definition) is 0. The predicted molar refractivity (Wildman–Crippen MR) is 204 cm³/mol. The third-order valence-corrected chi connectivity index (χ3v) is 9.98. The first kappa shape index (κ1) is 29.7. The summed E-state index contributed by atoms with van der Waals surface area (Å²) in [6.45, 7) is 9.07. The minimum Gasteiger partial charge on any atom is -0.310 e. The van der Waals surface area contributed by atoms with Crippen LogP contribution in [0, 0.1) is 13.8 Å². The molecule has 0 spiro atoms.